The topological polar surface area (TPSA) is 52.6 Å². The molecule has 0 saturated carbocycles. The molecular weight excluding hydrogens is 474 g/mol. The van der Waals surface area contributed by atoms with E-state index in [1.54, 1.807) is 6.07 Å². The fourth-order valence-corrected chi connectivity index (χ4v) is 4.46. The lowest BCUT2D eigenvalue weighted by Crippen LogP contribution is -2.30. The van der Waals surface area contributed by atoms with Crippen LogP contribution >= 0.6 is 24.8 Å². The van der Waals surface area contributed by atoms with Crippen LogP contribution in [0.3, 0.4) is 0 Å². The molecule has 0 saturated heterocycles. The standard InChI is InChI=1S/C27H29FN2O2.2ClH/c1-19-23(17-29-24-13-11-21(25(28)16-24)12-14-26(31)32)10-9-22-8-5-15-30(27(19)22)18-20-6-3-2-4-7-20;;/h2-4,6-7,9-11,13,16,29H,5,8,12,14-15,17-18H2,1H3,(H,31,32);2*1H. The molecule has 0 atom stereocenters. The van der Waals surface area contributed by atoms with Crippen molar-refractivity contribution in [1.29, 1.82) is 0 Å². The van der Waals surface area contributed by atoms with Gasteiger partial charge in [0.25, 0.3) is 0 Å². The summed E-state index contributed by atoms with van der Waals surface area (Å²) in [6.07, 6.45) is 2.38. The van der Waals surface area contributed by atoms with E-state index in [9.17, 15) is 9.18 Å². The molecule has 3 aromatic carbocycles. The van der Waals surface area contributed by atoms with Crippen LogP contribution in [-0.2, 0) is 30.7 Å². The number of hydrogen-bond donors (Lipinski definition) is 2. The van der Waals surface area contributed by atoms with Crippen LogP contribution in [0.2, 0.25) is 0 Å². The van der Waals surface area contributed by atoms with Crippen LogP contribution in [-0.4, -0.2) is 17.6 Å². The number of hydrogen-bond acceptors (Lipinski definition) is 3. The number of benzene rings is 3. The lowest BCUT2D eigenvalue weighted by molar-refractivity contribution is -0.136. The summed E-state index contributed by atoms with van der Waals surface area (Å²) in [5.74, 6) is -1.29. The molecule has 1 heterocycles. The van der Waals surface area contributed by atoms with Gasteiger partial charge in [-0.3, -0.25) is 4.79 Å². The van der Waals surface area contributed by atoms with E-state index < -0.39 is 5.97 Å². The van der Waals surface area contributed by atoms with Crippen LogP contribution < -0.4 is 10.2 Å². The van der Waals surface area contributed by atoms with E-state index >= 15 is 0 Å². The van der Waals surface area contributed by atoms with Gasteiger partial charge in [-0.25, -0.2) is 4.39 Å². The first-order valence-electron chi connectivity index (χ1n) is 11.2. The van der Waals surface area contributed by atoms with E-state index in [0.29, 0.717) is 17.8 Å². The first-order chi connectivity index (χ1) is 15.5. The summed E-state index contributed by atoms with van der Waals surface area (Å²) in [7, 11) is 0. The summed E-state index contributed by atoms with van der Waals surface area (Å²) in [5, 5.41) is 12.1. The van der Waals surface area contributed by atoms with Gasteiger partial charge < -0.3 is 15.3 Å². The van der Waals surface area contributed by atoms with Crippen LogP contribution in [0.25, 0.3) is 0 Å². The zero-order valence-corrected chi connectivity index (χ0v) is 20.9. The van der Waals surface area contributed by atoms with E-state index in [1.165, 1.54) is 34.0 Å². The van der Waals surface area contributed by atoms with E-state index in [0.717, 1.165) is 25.9 Å². The molecule has 0 radical (unpaired) electrons. The lowest BCUT2D eigenvalue weighted by atomic mass is 9.94. The molecule has 0 fully saturated rings. The maximum absolute atomic E-state index is 14.3. The zero-order chi connectivity index (χ0) is 22.5. The quantitative estimate of drug-likeness (QED) is 0.364. The van der Waals surface area contributed by atoms with Crippen molar-refractivity contribution in [2.45, 2.75) is 45.7 Å². The monoisotopic (exact) mass is 504 g/mol. The number of carboxylic acids is 1. The highest BCUT2D eigenvalue weighted by Gasteiger charge is 2.20. The van der Waals surface area contributed by atoms with Crippen LogP contribution in [0.5, 0.6) is 0 Å². The third-order valence-electron chi connectivity index (χ3n) is 6.18. The number of rotatable bonds is 8. The molecule has 182 valence electrons. The zero-order valence-electron chi connectivity index (χ0n) is 19.2. The first-order valence-corrected chi connectivity index (χ1v) is 11.2. The van der Waals surface area contributed by atoms with Crippen molar-refractivity contribution in [3.63, 3.8) is 0 Å². The summed E-state index contributed by atoms with van der Waals surface area (Å²) in [6.45, 7) is 4.72. The second-order valence-corrected chi connectivity index (χ2v) is 8.42. The van der Waals surface area contributed by atoms with Crippen molar-refractivity contribution >= 4 is 42.2 Å². The Morgan fingerprint density at radius 2 is 1.79 bits per heavy atom. The predicted molar refractivity (Wildman–Crippen MR) is 141 cm³/mol. The van der Waals surface area contributed by atoms with Crippen LogP contribution in [0.1, 0.15) is 40.7 Å². The number of anilines is 2. The predicted octanol–water partition coefficient (Wildman–Crippen LogP) is 6.56. The SMILES string of the molecule is Cc1c(CNc2ccc(CCC(=O)O)c(F)c2)ccc2c1N(Cc1ccccc1)CCC2.Cl.Cl. The van der Waals surface area contributed by atoms with Gasteiger partial charge in [-0.1, -0.05) is 48.5 Å². The average Bonchev–Trinajstić information content (AvgIpc) is 2.78. The van der Waals surface area contributed by atoms with Crippen LogP contribution in [0, 0.1) is 12.7 Å². The van der Waals surface area contributed by atoms with Gasteiger partial charge in [0.1, 0.15) is 5.82 Å². The molecule has 2 N–H and O–H groups in total. The second kappa shape index (κ2) is 12.6. The molecule has 0 spiro atoms. The highest BCUT2D eigenvalue weighted by atomic mass is 35.5. The number of aryl methyl sites for hydroxylation is 2. The average molecular weight is 505 g/mol. The summed E-state index contributed by atoms with van der Waals surface area (Å²) in [4.78, 5) is 13.2. The molecule has 0 aliphatic carbocycles. The number of carboxylic acid groups (broad SMARTS) is 1. The number of fused-ring (bicyclic) bond motifs is 1. The number of nitrogens with one attached hydrogen (secondary N) is 1. The number of nitrogens with zero attached hydrogens (tertiary/aromatic N) is 1. The van der Waals surface area contributed by atoms with Gasteiger partial charge in [0, 0.05) is 37.4 Å². The molecule has 1 aliphatic rings. The van der Waals surface area contributed by atoms with Gasteiger partial charge in [-0.15, -0.1) is 24.8 Å². The van der Waals surface area contributed by atoms with E-state index in [1.807, 2.05) is 12.1 Å². The Kier molecular flexibility index (Phi) is 10.2. The van der Waals surface area contributed by atoms with Gasteiger partial charge in [-0.2, -0.15) is 0 Å². The maximum Gasteiger partial charge on any atom is 0.303 e. The Morgan fingerprint density at radius 1 is 1.06 bits per heavy atom. The highest BCUT2D eigenvalue weighted by Crippen LogP contribution is 2.34. The Balaban J connectivity index is 0.00000204. The number of halogens is 3. The highest BCUT2D eigenvalue weighted by molar-refractivity contribution is 5.85. The Labute approximate surface area is 213 Å². The van der Waals surface area contributed by atoms with Crippen molar-refractivity contribution in [2.75, 3.05) is 16.8 Å². The van der Waals surface area contributed by atoms with Crippen LogP contribution in [0.15, 0.2) is 60.7 Å². The molecule has 0 bridgehead atoms. The molecular formula is C27H31Cl2FN2O2. The molecule has 4 nitrogen and oxygen atoms in total. The largest absolute Gasteiger partial charge is 0.481 e. The van der Waals surface area contributed by atoms with Gasteiger partial charge in [0.05, 0.1) is 0 Å². The van der Waals surface area contributed by atoms with Gasteiger partial charge in [0.15, 0.2) is 0 Å². The second-order valence-electron chi connectivity index (χ2n) is 8.42. The third kappa shape index (κ3) is 6.64. The van der Waals surface area contributed by atoms with Gasteiger partial charge in [0.2, 0.25) is 0 Å². The van der Waals surface area contributed by atoms with E-state index in [4.69, 9.17) is 5.11 Å². The normalized spacial score (nSPS) is 12.2. The van der Waals surface area contributed by atoms with Crippen molar-refractivity contribution in [2.24, 2.45) is 0 Å². The van der Waals surface area contributed by atoms with Crippen molar-refractivity contribution in [3.05, 3.63) is 94.3 Å². The van der Waals surface area contributed by atoms with E-state index in [-0.39, 0.29) is 43.5 Å². The Morgan fingerprint density at radius 3 is 2.50 bits per heavy atom. The molecule has 1 aliphatic heterocycles. The molecule has 3 aromatic rings. The fourth-order valence-electron chi connectivity index (χ4n) is 4.46. The first kappa shape index (κ1) is 27.5. The molecule has 34 heavy (non-hydrogen) atoms. The Bertz CT molecular complexity index is 1110. The minimum absolute atomic E-state index is 0. The summed E-state index contributed by atoms with van der Waals surface area (Å²) < 4.78 is 14.3. The summed E-state index contributed by atoms with van der Waals surface area (Å²) in [6, 6.07) is 19.9. The number of aliphatic carboxylic acids is 1. The van der Waals surface area contributed by atoms with Crippen LogP contribution in [0.4, 0.5) is 15.8 Å². The molecule has 7 heteroatoms. The molecule has 0 amide bonds. The minimum atomic E-state index is -0.921. The fraction of sp³-hybridized carbons (Fsp3) is 0.296. The van der Waals surface area contributed by atoms with E-state index in [2.05, 4.69) is 53.5 Å². The van der Waals surface area contributed by atoms with Crippen molar-refractivity contribution < 1.29 is 14.3 Å². The number of carbonyl (C=O) groups is 1. The molecule has 4 rings (SSSR count). The van der Waals surface area contributed by atoms with Crippen molar-refractivity contribution in [3.8, 4) is 0 Å². The minimum Gasteiger partial charge on any atom is -0.481 e. The lowest BCUT2D eigenvalue weighted by Gasteiger charge is -2.34. The maximum atomic E-state index is 14.3. The summed E-state index contributed by atoms with van der Waals surface area (Å²) >= 11 is 0. The van der Waals surface area contributed by atoms with Gasteiger partial charge >= 0.3 is 5.97 Å². The van der Waals surface area contributed by atoms with Gasteiger partial charge in [-0.05, 0) is 66.1 Å². The van der Waals surface area contributed by atoms with Crippen molar-refractivity contribution in [1.82, 2.24) is 0 Å². The Hall–Kier alpha value is -2.76. The molecule has 0 unspecified atom stereocenters. The smallest absolute Gasteiger partial charge is 0.303 e. The molecule has 0 aromatic heterocycles. The summed E-state index contributed by atoms with van der Waals surface area (Å²) in [5.41, 5.74) is 7.61. The third-order valence-corrected chi connectivity index (χ3v) is 6.18.